The molecule has 6 heterocycles. The zero-order valence-electron chi connectivity index (χ0n) is 53.9. The molecule has 31 atom stereocenters. The molecule has 21 nitrogen and oxygen atoms in total. The molecule has 10 aliphatic rings. The first-order valence-corrected chi connectivity index (χ1v) is 32.7. The summed E-state index contributed by atoms with van der Waals surface area (Å²) in [4.78, 5) is 42.6. The zero-order valence-corrected chi connectivity index (χ0v) is 53.9. The van der Waals surface area contributed by atoms with Gasteiger partial charge >= 0.3 is 5.97 Å². The van der Waals surface area contributed by atoms with Crippen molar-refractivity contribution in [2.45, 2.75) is 289 Å². The molecule has 0 aromatic rings. The van der Waals surface area contributed by atoms with Crippen molar-refractivity contribution in [3.05, 3.63) is 58.9 Å². The molecular formula is C67H101NO20. The molecule has 21 heteroatoms. The van der Waals surface area contributed by atoms with Crippen molar-refractivity contribution in [2.24, 2.45) is 52.8 Å². The number of Topliss-reactive ketones (excluding diaryl/α,β-unsaturated/α-hetero) is 1. The van der Waals surface area contributed by atoms with E-state index in [4.69, 9.17) is 52.1 Å². The molecule has 1 spiro atoms. The van der Waals surface area contributed by atoms with Crippen molar-refractivity contribution in [1.29, 1.82) is 0 Å². The van der Waals surface area contributed by atoms with Crippen molar-refractivity contribution in [1.82, 2.24) is 5.32 Å². The van der Waals surface area contributed by atoms with E-state index in [-0.39, 0.29) is 78.9 Å². The summed E-state index contributed by atoms with van der Waals surface area (Å²) in [5.41, 5.74) is -3.02. The molecule has 2 bridgehead atoms. The van der Waals surface area contributed by atoms with Gasteiger partial charge in [-0.25, -0.2) is 4.79 Å². The fourth-order valence-electron chi connectivity index (χ4n) is 17.0. The Hall–Kier alpha value is -3.49. The second-order valence-electron chi connectivity index (χ2n) is 28.3. The van der Waals surface area contributed by atoms with Gasteiger partial charge in [-0.2, -0.15) is 0 Å². The van der Waals surface area contributed by atoms with Crippen LogP contribution in [-0.4, -0.2) is 182 Å². The van der Waals surface area contributed by atoms with Crippen LogP contribution in [0.4, 0.5) is 0 Å². The second kappa shape index (κ2) is 26.5. The van der Waals surface area contributed by atoms with E-state index in [0.717, 1.165) is 11.1 Å². The van der Waals surface area contributed by atoms with Crippen LogP contribution in [0.25, 0.3) is 0 Å². The Kier molecular flexibility index (Phi) is 20.3. The maximum atomic E-state index is 15.6. The van der Waals surface area contributed by atoms with Crippen LogP contribution in [0.2, 0.25) is 0 Å². The van der Waals surface area contributed by atoms with Gasteiger partial charge in [0.2, 0.25) is 11.7 Å². The van der Waals surface area contributed by atoms with Crippen molar-refractivity contribution in [2.75, 3.05) is 0 Å². The van der Waals surface area contributed by atoms with Gasteiger partial charge in [0.25, 0.3) is 0 Å². The number of ether oxygens (including phenoxy) is 11. The predicted octanol–water partition coefficient (Wildman–Crippen LogP) is 6.60. The standard InChI is InChI=1S/C67H101NO20/c1-15-41-16-17-42-24-34(6)57(87-53-29-65(13,77)61(39(11)82-53)68-40(12)69)32(4)22-30(2)44-19-18-43-55(66(44,14)62(74)54-63(75)67(42,28-41)88-64(54)76)31(3)23-33(5)58(43)84-51-26-47(72)59(37(9)80-51)85-52-27-48(83-49-21-20-45(70)35(7)78-49)60(38(10)81-52)86-50-25-46(71)56(73)36(8)79-50/h16-19,22,24,31-33,35-39,41-53,55-61,70-74,77H,15,20-21,23,25-29H2,1-14H3,(H,68,69)/b30-22-,34-24+,62-54?/t31-,32+,33-,35-,36-,37-,38+,39+,41+,42-,43+,44-,45+,46-,47-,48-,49-,50+,51+,52-,53-,55+,56+,57+,58+,59+,60+,61+,65-,66-,67-/m1/s1. The average Bonchev–Trinajstić information content (AvgIpc) is 1.99. The molecule has 6 aliphatic heterocycles. The molecular weight excluding hydrogens is 1140 g/mol. The number of fused-ring (bicyclic) bond motifs is 4. The quantitative estimate of drug-likeness (QED) is 0.0615. The summed E-state index contributed by atoms with van der Waals surface area (Å²) in [6, 6.07) is -0.684. The fraction of sp³-hybridized carbons (Fsp3) is 0.806. The number of carbonyl (C=O) groups is 3. The van der Waals surface area contributed by atoms with E-state index in [0.29, 0.717) is 25.7 Å². The number of esters is 1. The SMILES string of the molecule is CC[C@H]1C=C[C@@H]2/C=C(\C)[C@@H](O[C@@H]3C[C@@](C)(O)[C@@H](NC(C)=O)[C@H](C)O3)[C@@H](C)/C=C(/C)[C@H]3C=C[C@@H]4[C@@H](O[C@H]5C[C@@H](O)[C@@H](O[C@@H]6C[C@@H](O[C@@H]7CC[C@H](O)[C@@H](C)O7)[C@@H](O[C@H]7C[C@@H](O)[C@@H](O)[C@@H](C)O7)[C@H](C)O6)[C@@H](C)O5)[C@H](C)C[C@@H](C)[C@@H]4[C@]3(C)C(O)=C3C(=O)O[C@@]2(C1)C3=O. The van der Waals surface area contributed by atoms with E-state index in [1.165, 1.54) is 6.92 Å². The number of rotatable bonds is 12. The Morgan fingerprint density at radius 2 is 1.27 bits per heavy atom. The summed E-state index contributed by atoms with van der Waals surface area (Å²) in [6.45, 7) is 26.2. The lowest BCUT2D eigenvalue weighted by molar-refractivity contribution is -0.352. The Morgan fingerprint density at radius 3 is 1.92 bits per heavy atom. The third-order valence-corrected chi connectivity index (χ3v) is 21.6. The lowest BCUT2D eigenvalue weighted by atomic mass is 9.49. The number of allylic oxidation sites excluding steroid dienone is 4. The smallest absolute Gasteiger partial charge is 0.346 e. The van der Waals surface area contributed by atoms with Gasteiger partial charge < -0.3 is 88.1 Å². The highest BCUT2D eigenvalue weighted by molar-refractivity contribution is 6.26. The molecule has 0 unspecified atom stereocenters. The number of carbonyl (C=O) groups excluding carboxylic acids is 3. The largest absolute Gasteiger partial charge is 0.511 e. The van der Waals surface area contributed by atoms with Crippen LogP contribution >= 0.6 is 0 Å². The van der Waals surface area contributed by atoms with Gasteiger partial charge in [-0.3, -0.25) is 9.59 Å². The average molecular weight is 1240 g/mol. The minimum Gasteiger partial charge on any atom is -0.511 e. The molecule has 10 rings (SSSR count). The monoisotopic (exact) mass is 1240 g/mol. The minimum absolute atomic E-state index is 0.0322. The summed E-state index contributed by atoms with van der Waals surface area (Å²) in [7, 11) is 0. The summed E-state index contributed by atoms with van der Waals surface area (Å²) in [5.74, 6) is -4.60. The Bertz CT molecular complexity index is 2670. The van der Waals surface area contributed by atoms with Crippen LogP contribution in [0.15, 0.2) is 58.9 Å². The molecule has 88 heavy (non-hydrogen) atoms. The van der Waals surface area contributed by atoms with Crippen LogP contribution < -0.4 is 5.32 Å². The van der Waals surface area contributed by atoms with Gasteiger partial charge in [0, 0.05) is 74.5 Å². The molecule has 0 aromatic heterocycles. The number of hydrogen-bond donors (Lipinski definition) is 7. The second-order valence-corrected chi connectivity index (χ2v) is 28.3. The maximum absolute atomic E-state index is 15.6. The fourth-order valence-corrected chi connectivity index (χ4v) is 17.0. The molecule has 4 aliphatic carbocycles. The van der Waals surface area contributed by atoms with Gasteiger partial charge in [0.05, 0.1) is 78.8 Å². The van der Waals surface area contributed by atoms with Crippen LogP contribution in [0, 0.1) is 52.8 Å². The van der Waals surface area contributed by atoms with Crippen LogP contribution in [0.3, 0.4) is 0 Å². The summed E-state index contributed by atoms with van der Waals surface area (Å²) >= 11 is 0. The van der Waals surface area contributed by atoms with E-state index >= 15 is 4.79 Å². The van der Waals surface area contributed by atoms with Crippen molar-refractivity contribution < 1.29 is 97.1 Å². The van der Waals surface area contributed by atoms with Crippen LogP contribution in [0.5, 0.6) is 0 Å². The van der Waals surface area contributed by atoms with Gasteiger partial charge in [0.1, 0.15) is 29.6 Å². The number of aliphatic hydroxyl groups excluding tert-OH is 5. The molecule has 0 radical (unpaired) electrons. The van der Waals surface area contributed by atoms with Crippen molar-refractivity contribution >= 4 is 17.7 Å². The molecule has 7 N–H and O–H groups in total. The van der Waals surface area contributed by atoms with Crippen LogP contribution in [-0.2, 0) is 66.5 Å². The Labute approximate surface area is 518 Å². The van der Waals surface area contributed by atoms with Gasteiger partial charge in [-0.1, -0.05) is 76.6 Å². The molecule has 7 fully saturated rings. The van der Waals surface area contributed by atoms with Crippen molar-refractivity contribution in [3.8, 4) is 0 Å². The number of aliphatic hydroxyl groups is 6. The van der Waals surface area contributed by atoms with E-state index in [1.807, 2.05) is 53.7 Å². The molecule has 0 aromatic carbocycles. The minimum atomic E-state index is -1.65. The van der Waals surface area contributed by atoms with Gasteiger partial charge in [-0.15, -0.1) is 0 Å². The normalized spacial score (nSPS) is 51.2. The maximum Gasteiger partial charge on any atom is 0.346 e. The lowest BCUT2D eigenvalue weighted by Crippen LogP contribution is -2.62. The first kappa shape index (κ1) is 67.4. The highest BCUT2D eigenvalue weighted by atomic mass is 16.8. The molecule has 494 valence electrons. The van der Waals surface area contributed by atoms with Crippen LogP contribution in [0.1, 0.15) is 155 Å². The highest BCUT2D eigenvalue weighted by Gasteiger charge is 2.64. The molecule has 1 amide bonds. The van der Waals surface area contributed by atoms with Gasteiger partial charge in [-0.05, 0) is 104 Å². The summed E-state index contributed by atoms with van der Waals surface area (Å²) in [5, 5.41) is 71.4. The van der Waals surface area contributed by atoms with E-state index < -0.39 is 169 Å². The van der Waals surface area contributed by atoms with E-state index in [9.17, 15) is 40.2 Å². The van der Waals surface area contributed by atoms with E-state index in [2.05, 4.69) is 50.4 Å². The third kappa shape index (κ3) is 13.1. The Morgan fingerprint density at radius 1 is 0.648 bits per heavy atom. The Balaban J connectivity index is 0.913. The van der Waals surface area contributed by atoms with Crippen molar-refractivity contribution in [3.63, 3.8) is 0 Å². The number of ketones is 1. The molecule has 6 saturated heterocycles. The summed E-state index contributed by atoms with van der Waals surface area (Å²) < 4.78 is 71.8. The number of nitrogens with one attached hydrogen (secondary N) is 1. The zero-order chi connectivity index (χ0) is 63.8. The number of amides is 1. The van der Waals surface area contributed by atoms with Gasteiger partial charge in [0.15, 0.2) is 37.1 Å². The number of hydrogen-bond acceptors (Lipinski definition) is 20. The molecule has 1 saturated carbocycles. The predicted molar refractivity (Wildman–Crippen MR) is 318 cm³/mol. The summed E-state index contributed by atoms with van der Waals surface area (Å²) in [6.07, 6.45) is 0.521. The first-order chi connectivity index (χ1) is 41.4. The first-order valence-electron chi connectivity index (χ1n) is 32.7. The van der Waals surface area contributed by atoms with E-state index in [1.54, 1.807) is 27.7 Å². The third-order valence-electron chi connectivity index (χ3n) is 21.6. The highest BCUT2D eigenvalue weighted by Crippen LogP contribution is 2.61. The lowest BCUT2D eigenvalue weighted by Gasteiger charge is -2.57. The topological polar surface area (TPSA) is 286 Å².